The lowest BCUT2D eigenvalue weighted by Gasteiger charge is -2.30. The summed E-state index contributed by atoms with van der Waals surface area (Å²) in [5.41, 5.74) is 1.48. The number of nitrogens with zero attached hydrogens (tertiary/aromatic N) is 2. The summed E-state index contributed by atoms with van der Waals surface area (Å²) in [7, 11) is 0. The van der Waals surface area contributed by atoms with E-state index in [1.54, 1.807) is 0 Å². The van der Waals surface area contributed by atoms with Gasteiger partial charge < -0.3 is 9.88 Å². The van der Waals surface area contributed by atoms with E-state index in [1.807, 2.05) is 12.5 Å². The molecular weight excluding hydrogens is 270 g/mol. The van der Waals surface area contributed by atoms with Crippen molar-refractivity contribution < 1.29 is 0 Å². The number of benzene rings is 1. The van der Waals surface area contributed by atoms with E-state index in [-0.39, 0.29) is 0 Å². The summed E-state index contributed by atoms with van der Waals surface area (Å²) in [5, 5.41) is 3.69. The number of hydrogen-bond donors (Lipinski definition) is 1. The van der Waals surface area contributed by atoms with Crippen molar-refractivity contribution in [2.75, 3.05) is 6.54 Å². The molecule has 1 N–H and O–H groups in total. The van der Waals surface area contributed by atoms with E-state index in [1.165, 1.54) is 50.6 Å². The fraction of sp³-hybridized carbons (Fsp3) is 0.526. The van der Waals surface area contributed by atoms with Crippen LogP contribution >= 0.6 is 0 Å². The van der Waals surface area contributed by atoms with Crippen LogP contribution in [0.4, 0.5) is 0 Å². The van der Waals surface area contributed by atoms with Crippen LogP contribution in [0.2, 0.25) is 0 Å². The number of nitrogens with one attached hydrogen (secondary N) is 1. The highest BCUT2D eigenvalue weighted by molar-refractivity contribution is 5.14. The minimum atomic E-state index is 0.679. The Kier molecular flexibility index (Phi) is 5.66. The highest BCUT2D eigenvalue weighted by Crippen LogP contribution is 2.24. The standard InChI is InChI=1S/C19H27N3/c1-2-5-17(6-3-1)7-4-8-18-9-11-21-19(15-18)10-13-22-14-12-20-16-22/h1-3,5-6,12,14,16,18-19,21H,4,7-11,13,15H2. The Balaban J connectivity index is 1.37. The monoisotopic (exact) mass is 297 g/mol. The topological polar surface area (TPSA) is 29.9 Å². The summed E-state index contributed by atoms with van der Waals surface area (Å²) in [6.45, 7) is 2.26. The lowest BCUT2D eigenvalue weighted by Crippen LogP contribution is -2.38. The molecule has 2 atom stereocenters. The summed E-state index contributed by atoms with van der Waals surface area (Å²) in [6.07, 6.45) is 13.7. The van der Waals surface area contributed by atoms with Crippen molar-refractivity contribution in [3.8, 4) is 0 Å². The number of piperidine rings is 1. The Morgan fingerprint density at radius 2 is 2.09 bits per heavy atom. The molecule has 3 heteroatoms. The van der Waals surface area contributed by atoms with Crippen LogP contribution in [0.3, 0.4) is 0 Å². The molecule has 2 unspecified atom stereocenters. The average Bonchev–Trinajstić information content (AvgIpc) is 3.08. The maximum atomic E-state index is 4.11. The van der Waals surface area contributed by atoms with Gasteiger partial charge in [-0.3, -0.25) is 0 Å². The molecule has 1 aliphatic heterocycles. The van der Waals surface area contributed by atoms with Gasteiger partial charge in [-0.1, -0.05) is 36.8 Å². The fourth-order valence-electron chi connectivity index (χ4n) is 3.54. The Hall–Kier alpha value is -1.61. The molecule has 2 aromatic rings. The van der Waals surface area contributed by atoms with E-state index in [4.69, 9.17) is 0 Å². The fourth-order valence-corrected chi connectivity index (χ4v) is 3.54. The molecule has 1 aromatic carbocycles. The van der Waals surface area contributed by atoms with Gasteiger partial charge in [-0.2, -0.15) is 0 Å². The predicted molar refractivity (Wildman–Crippen MR) is 90.7 cm³/mol. The van der Waals surface area contributed by atoms with E-state index in [9.17, 15) is 0 Å². The molecule has 118 valence electrons. The first-order valence-corrected chi connectivity index (χ1v) is 8.63. The smallest absolute Gasteiger partial charge is 0.0945 e. The Morgan fingerprint density at radius 3 is 2.91 bits per heavy atom. The van der Waals surface area contributed by atoms with Gasteiger partial charge in [-0.15, -0.1) is 0 Å². The third kappa shape index (κ3) is 4.70. The van der Waals surface area contributed by atoms with Gasteiger partial charge in [0.2, 0.25) is 0 Å². The van der Waals surface area contributed by atoms with Crippen molar-refractivity contribution >= 4 is 0 Å². The molecule has 1 fully saturated rings. The molecule has 0 bridgehead atoms. The van der Waals surface area contributed by atoms with Crippen molar-refractivity contribution in [1.82, 2.24) is 14.9 Å². The van der Waals surface area contributed by atoms with Gasteiger partial charge in [-0.05, 0) is 50.1 Å². The maximum absolute atomic E-state index is 4.11. The first-order chi connectivity index (χ1) is 10.9. The van der Waals surface area contributed by atoms with Gasteiger partial charge in [0.25, 0.3) is 0 Å². The third-order valence-electron chi connectivity index (χ3n) is 4.82. The van der Waals surface area contributed by atoms with E-state index in [0.717, 1.165) is 12.5 Å². The first kappa shape index (κ1) is 15.3. The summed E-state index contributed by atoms with van der Waals surface area (Å²) in [6, 6.07) is 11.6. The second-order valence-corrected chi connectivity index (χ2v) is 6.51. The summed E-state index contributed by atoms with van der Waals surface area (Å²) in [5.74, 6) is 0.901. The van der Waals surface area contributed by atoms with Gasteiger partial charge >= 0.3 is 0 Å². The van der Waals surface area contributed by atoms with Gasteiger partial charge in [0.05, 0.1) is 6.33 Å². The van der Waals surface area contributed by atoms with E-state index >= 15 is 0 Å². The second-order valence-electron chi connectivity index (χ2n) is 6.51. The van der Waals surface area contributed by atoms with Crippen molar-refractivity contribution in [2.24, 2.45) is 5.92 Å². The molecule has 1 aliphatic rings. The Labute approximate surface area is 133 Å². The van der Waals surface area contributed by atoms with Gasteiger partial charge in [-0.25, -0.2) is 4.98 Å². The van der Waals surface area contributed by atoms with Crippen LogP contribution in [0, 0.1) is 5.92 Å². The quantitative estimate of drug-likeness (QED) is 0.845. The minimum absolute atomic E-state index is 0.679. The molecule has 0 aliphatic carbocycles. The number of rotatable bonds is 7. The minimum Gasteiger partial charge on any atom is -0.337 e. The summed E-state index contributed by atoms with van der Waals surface area (Å²) < 4.78 is 2.18. The van der Waals surface area contributed by atoms with Gasteiger partial charge in [0, 0.05) is 25.0 Å². The van der Waals surface area contributed by atoms with Crippen molar-refractivity contribution in [3.63, 3.8) is 0 Å². The molecule has 0 spiro atoms. The molecule has 1 saturated heterocycles. The maximum Gasteiger partial charge on any atom is 0.0945 e. The summed E-state index contributed by atoms with van der Waals surface area (Å²) >= 11 is 0. The lowest BCUT2D eigenvalue weighted by molar-refractivity contribution is 0.268. The predicted octanol–water partition coefficient (Wildman–Crippen LogP) is 3.66. The van der Waals surface area contributed by atoms with E-state index in [0.29, 0.717) is 6.04 Å². The molecule has 0 radical (unpaired) electrons. The Morgan fingerprint density at radius 1 is 1.18 bits per heavy atom. The normalized spacial score (nSPS) is 21.8. The third-order valence-corrected chi connectivity index (χ3v) is 4.82. The molecule has 22 heavy (non-hydrogen) atoms. The largest absolute Gasteiger partial charge is 0.337 e. The number of aromatic nitrogens is 2. The van der Waals surface area contributed by atoms with E-state index in [2.05, 4.69) is 51.4 Å². The number of aryl methyl sites for hydroxylation is 2. The zero-order valence-corrected chi connectivity index (χ0v) is 13.3. The molecule has 0 amide bonds. The van der Waals surface area contributed by atoms with Crippen LogP contribution < -0.4 is 5.32 Å². The SMILES string of the molecule is c1ccc(CCCC2CCNC(CCn3ccnc3)C2)cc1. The van der Waals surface area contributed by atoms with Crippen LogP contribution in [0.5, 0.6) is 0 Å². The van der Waals surface area contributed by atoms with Crippen LogP contribution in [0.1, 0.15) is 37.7 Å². The lowest BCUT2D eigenvalue weighted by atomic mass is 9.86. The highest BCUT2D eigenvalue weighted by Gasteiger charge is 2.20. The zero-order valence-electron chi connectivity index (χ0n) is 13.3. The van der Waals surface area contributed by atoms with Crippen molar-refractivity contribution in [1.29, 1.82) is 0 Å². The molecule has 1 aromatic heterocycles. The zero-order chi connectivity index (χ0) is 15.0. The van der Waals surface area contributed by atoms with E-state index < -0.39 is 0 Å². The highest BCUT2D eigenvalue weighted by atomic mass is 15.0. The van der Waals surface area contributed by atoms with Crippen LogP contribution in [-0.2, 0) is 13.0 Å². The van der Waals surface area contributed by atoms with Gasteiger partial charge in [0.1, 0.15) is 0 Å². The first-order valence-electron chi connectivity index (χ1n) is 8.63. The number of imidazole rings is 1. The van der Waals surface area contributed by atoms with Crippen LogP contribution in [0.25, 0.3) is 0 Å². The van der Waals surface area contributed by atoms with Crippen LogP contribution in [0.15, 0.2) is 49.1 Å². The van der Waals surface area contributed by atoms with Crippen LogP contribution in [-0.4, -0.2) is 22.1 Å². The number of hydrogen-bond acceptors (Lipinski definition) is 2. The molecule has 2 heterocycles. The Bertz CT molecular complexity index is 521. The average molecular weight is 297 g/mol. The van der Waals surface area contributed by atoms with Crippen molar-refractivity contribution in [2.45, 2.75) is 51.1 Å². The van der Waals surface area contributed by atoms with Crippen molar-refractivity contribution in [3.05, 3.63) is 54.6 Å². The molecule has 3 rings (SSSR count). The molecule has 0 saturated carbocycles. The van der Waals surface area contributed by atoms with Gasteiger partial charge in [0.15, 0.2) is 0 Å². The molecule has 3 nitrogen and oxygen atoms in total. The second kappa shape index (κ2) is 8.14. The summed E-state index contributed by atoms with van der Waals surface area (Å²) in [4.78, 5) is 4.11. The molecular formula is C19H27N3.